The zero-order valence-electron chi connectivity index (χ0n) is 12.0. The number of nitrogen functional groups attached to an aromatic ring is 1. The first-order valence-corrected chi connectivity index (χ1v) is 7.86. The normalized spacial score (nSPS) is 20.8. The van der Waals surface area contributed by atoms with Crippen LogP contribution in [0.4, 0.5) is 5.82 Å². The van der Waals surface area contributed by atoms with Gasteiger partial charge in [-0.2, -0.15) is 4.31 Å². The van der Waals surface area contributed by atoms with Gasteiger partial charge in [-0.3, -0.25) is 4.90 Å². The lowest BCUT2D eigenvalue weighted by atomic mass is 10.0. The molecular weight excluding hydrogens is 278 g/mol. The Morgan fingerprint density at radius 3 is 2.70 bits per heavy atom. The molecule has 1 aliphatic heterocycles. The lowest BCUT2D eigenvalue weighted by molar-refractivity contribution is 0.0801. The van der Waals surface area contributed by atoms with Gasteiger partial charge < -0.3 is 5.43 Å². The Bertz CT molecular complexity index is 587. The van der Waals surface area contributed by atoms with Crippen LogP contribution in [0.1, 0.15) is 13.8 Å². The monoisotopic (exact) mass is 299 g/mol. The minimum atomic E-state index is -3.60. The molecule has 0 saturated carbocycles. The highest BCUT2D eigenvalue weighted by Gasteiger charge is 2.38. The zero-order chi connectivity index (χ0) is 15.0. The number of rotatable bonds is 3. The third kappa shape index (κ3) is 2.64. The van der Waals surface area contributed by atoms with Crippen LogP contribution in [0.25, 0.3) is 0 Å². The molecule has 0 amide bonds. The Kier molecular flexibility index (Phi) is 4.01. The summed E-state index contributed by atoms with van der Waals surface area (Å²) < 4.78 is 27.0. The van der Waals surface area contributed by atoms with Crippen LogP contribution in [-0.4, -0.2) is 54.8 Å². The molecule has 1 aromatic rings. The Labute approximate surface area is 119 Å². The number of piperazine rings is 1. The molecule has 1 fully saturated rings. The van der Waals surface area contributed by atoms with Gasteiger partial charge in [0.25, 0.3) is 0 Å². The van der Waals surface area contributed by atoms with Crippen LogP contribution in [0.3, 0.4) is 0 Å². The molecule has 2 rings (SSSR count). The van der Waals surface area contributed by atoms with Gasteiger partial charge in [0.1, 0.15) is 4.90 Å². The molecule has 0 atom stereocenters. The number of hydrogen-bond donors (Lipinski definition) is 2. The van der Waals surface area contributed by atoms with Gasteiger partial charge in [0, 0.05) is 31.4 Å². The van der Waals surface area contributed by atoms with Crippen molar-refractivity contribution in [2.45, 2.75) is 24.3 Å². The molecule has 0 bridgehead atoms. The van der Waals surface area contributed by atoms with Crippen LogP contribution >= 0.6 is 0 Å². The largest absolute Gasteiger partial charge is 0.307 e. The lowest BCUT2D eigenvalue weighted by Gasteiger charge is -2.44. The molecule has 1 aromatic heterocycles. The second-order valence-corrected chi connectivity index (χ2v) is 7.47. The van der Waals surface area contributed by atoms with Gasteiger partial charge in [0.05, 0.1) is 0 Å². The van der Waals surface area contributed by atoms with E-state index >= 15 is 0 Å². The van der Waals surface area contributed by atoms with Crippen molar-refractivity contribution in [3.63, 3.8) is 0 Å². The Morgan fingerprint density at radius 1 is 1.40 bits per heavy atom. The quantitative estimate of drug-likeness (QED) is 0.607. The number of likely N-dealkylation sites (N-methyl/N-ethyl adjacent to an activating group) is 1. The fraction of sp³-hybridized carbons (Fsp3) is 0.583. The molecule has 0 radical (unpaired) electrons. The van der Waals surface area contributed by atoms with Crippen LogP contribution in [0, 0.1) is 0 Å². The van der Waals surface area contributed by atoms with Crippen molar-refractivity contribution >= 4 is 15.8 Å². The molecule has 3 N–H and O–H groups in total. The Morgan fingerprint density at radius 2 is 2.10 bits per heavy atom. The predicted octanol–water partition coefficient (Wildman–Crippen LogP) is 0.0819. The average Bonchev–Trinajstić information content (AvgIpc) is 2.41. The van der Waals surface area contributed by atoms with Crippen molar-refractivity contribution in [1.29, 1.82) is 0 Å². The molecule has 0 aliphatic carbocycles. The first-order chi connectivity index (χ1) is 9.29. The predicted molar refractivity (Wildman–Crippen MR) is 77.5 cm³/mol. The van der Waals surface area contributed by atoms with Gasteiger partial charge in [-0.25, -0.2) is 19.2 Å². The SMILES string of the molecule is CN1CCN(S(=O)(=O)c2cccnc2NN)CC1(C)C. The van der Waals surface area contributed by atoms with Crippen molar-refractivity contribution in [3.8, 4) is 0 Å². The molecule has 2 heterocycles. The van der Waals surface area contributed by atoms with E-state index in [-0.39, 0.29) is 16.3 Å². The average molecular weight is 299 g/mol. The molecule has 1 aliphatic rings. The van der Waals surface area contributed by atoms with E-state index in [1.807, 2.05) is 20.9 Å². The first kappa shape index (κ1) is 15.2. The van der Waals surface area contributed by atoms with E-state index in [0.717, 1.165) is 0 Å². The summed E-state index contributed by atoms with van der Waals surface area (Å²) >= 11 is 0. The van der Waals surface area contributed by atoms with Gasteiger partial charge in [0.2, 0.25) is 10.0 Å². The van der Waals surface area contributed by atoms with Crippen molar-refractivity contribution in [2.75, 3.05) is 32.1 Å². The number of anilines is 1. The van der Waals surface area contributed by atoms with Crippen LogP contribution in [0.15, 0.2) is 23.2 Å². The van der Waals surface area contributed by atoms with Crippen molar-refractivity contribution in [1.82, 2.24) is 14.2 Å². The summed E-state index contributed by atoms with van der Waals surface area (Å²) in [6.45, 7) is 5.64. The second kappa shape index (κ2) is 5.28. The zero-order valence-corrected chi connectivity index (χ0v) is 12.8. The summed E-state index contributed by atoms with van der Waals surface area (Å²) in [6, 6.07) is 3.11. The third-order valence-corrected chi connectivity index (χ3v) is 5.68. The number of aromatic nitrogens is 1. The van der Waals surface area contributed by atoms with Gasteiger partial charge in [-0.15, -0.1) is 0 Å². The molecular formula is C12H21N5O2S. The molecule has 1 saturated heterocycles. The summed E-state index contributed by atoms with van der Waals surface area (Å²) in [5.74, 6) is 5.52. The molecule has 7 nitrogen and oxygen atoms in total. The Balaban J connectivity index is 2.36. The number of nitrogens with two attached hydrogens (primary N) is 1. The summed E-state index contributed by atoms with van der Waals surface area (Å²) in [4.78, 5) is 6.23. The summed E-state index contributed by atoms with van der Waals surface area (Å²) in [5, 5.41) is 0. The molecule has 0 aromatic carbocycles. The maximum absolute atomic E-state index is 12.7. The molecule has 0 unspecified atom stereocenters. The topological polar surface area (TPSA) is 91.6 Å². The van der Waals surface area contributed by atoms with Gasteiger partial charge in [-0.1, -0.05) is 0 Å². The number of hydrogen-bond acceptors (Lipinski definition) is 6. The maximum Gasteiger partial charge on any atom is 0.246 e. The number of pyridine rings is 1. The summed E-state index contributed by atoms with van der Waals surface area (Å²) in [5.41, 5.74) is 2.14. The Hall–Kier alpha value is -1.22. The molecule has 8 heteroatoms. The van der Waals surface area contributed by atoms with E-state index in [1.165, 1.54) is 16.6 Å². The van der Waals surface area contributed by atoms with Crippen LogP contribution in [0.5, 0.6) is 0 Å². The van der Waals surface area contributed by atoms with E-state index in [1.54, 1.807) is 6.07 Å². The molecule has 112 valence electrons. The first-order valence-electron chi connectivity index (χ1n) is 6.42. The van der Waals surface area contributed by atoms with E-state index in [0.29, 0.717) is 19.6 Å². The van der Waals surface area contributed by atoms with E-state index in [4.69, 9.17) is 5.84 Å². The highest BCUT2D eigenvalue weighted by molar-refractivity contribution is 7.89. The summed E-state index contributed by atoms with van der Waals surface area (Å²) in [7, 11) is -1.60. The van der Waals surface area contributed by atoms with Crippen LogP contribution in [0.2, 0.25) is 0 Å². The molecule has 20 heavy (non-hydrogen) atoms. The molecule has 0 spiro atoms. The fourth-order valence-electron chi connectivity index (χ4n) is 2.25. The number of sulfonamides is 1. The highest BCUT2D eigenvalue weighted by Crippen LogP contribution is 2.27. The van der Waals surface area contributed by atoms with Crippen LogP contribution in [-0.2, 0) is 10.0 Å². The standard InChI is InChI=1S/C12H21N5O2S/c1-12(2)9-17(8-7-16(12)3)20(18,19)10-5-4-6-14-11(10)15-13/h4-6H,7-9,13H2,1-3H3,(H,14,15). The van der Waals surface area contributed by atoms with E-state index in [9.17, 15) is 8.42 Å². The van der Waals surface area contributed by atoms with E-state index < -0.39 is 10.0 Å². The fourth-order valence-corrected chi connectivity index (χ4v) is 3.94. The van der Waals surface area contributed by atoms with Gasteiger partial charge in [0.15, 0.2) is 5.82 Å². The smallest absolute Gasteiger partial charge is 0.246 e. The highest BCUT2D eigenvalue weighted by atomic mass is 32.2. The van der Waals surface area contributed by atoms with Crippen LogP contribution < -0.4 is 11.3 Å². The van der Waals surface area contributed by atoms with Gasteiger partial charge >= 0.3 is 0 Å². The van der Waals surface area contributed by atoms with Crippen molar-refractivity contribution in [2.24, 2.45) is 5.84 Å². The summed E-state index contributed by atoms with van der Waals surface area (Å²) in [6.07, 6.45) is 1.50. The maximum atomic E-state index is 12.7. The van der Waals surface area contributed by atoms with Crippen molar-refractivity contribution in [3.05, 3.63) is 18.3 Å². The van der Waals surface area contributed by atoms with Crippen molar-refractivity contribution < 1.29 is 8.42 Å². The third-order valence-electron chi connectivity index (χ3n) is 3.81. The number of hydrazine groups is 1. The second-order valence-electron chi connectivity index (χ2n) is 5.57. The number of nitrogens with one attached hydrogen (secondary N) is 1. The minimum Gasteiger partial charge on any atom is -0.307 e. The minimum absolute atomic E-state index is 0.114. The van der Waals surface area contributed by atoms with Gasteiger partial charge in [-0.05, 0) is 33.0 Å². The lowest BCUT2D eigenvalue weighted by Crippen LogP contribution is -2.58. The van der Waals surface area contributed by atoms with E-state index in [2.05, 4.69) is 15.3 Å². The number of nitrogens with zero attached hydrogens (tertiary/aromatic N) is 3.